The lowest BCUT2D eigenvalue weighted by Crippen LogP contribution is -2.23. The van der Waals surface area contributed by atoms with Gasteiger partial charge in [0.2, 0.25) is 0 Å². The van der Waals surface area contributed by atoms with E-state index in [1.807, 2.05) is 48.5 Å². The Labute approximate surface area is 184 Å². The number of aromatic carboxylic acids is 1. The molecule has 2 aromatic carbocycles. The lowest BCUT2D eigenvalue weighted by atomic mass is 9.95. The van der Waals surface area contributed by atoms with Gasteiger partial charge in [0.15, 0.2) is 0 Å². The van der Waals surface area contributed by atoms with Crippen LogP contribution in [0.5, 0.6) is 11.5 Å². The molecule has 162 valence electrons. The minimum atomic E-state index is -1.05. The number of carboxylic acid groups (broad SMARTS) is 1. The van der Waals surface area contributed by atoms with Gasteiger partial charge in [-0.25, -0.2) is 14.5 Å². The summed E-state index contributed by atoms with van der Waals surface area (Å²) in [5, 5.41) is 17.8. The molecule has 4 aromatic rings. The van der Waals surface area contributed by atoms with Crippen LogP contribution in [0.3, 0.4) is 0 Å². The zero-order valence-electron chi connectivity index (χ0n) is 17.4. The van der Waals surface area contributed by atoms with Gasteiger partial charge in [0.1, 0.15) is 17.3 Å². The summed E-state index contributed by atoms with van der Waals surface area (Å²) in [6.07, 6.45) is 8.56. The van der Waals surface area contributed by atoms with Crippen LogP contribution in [0.25, 0.3) is 16.9 Å². The number of carboxylic acids is 1. The van der Waals surface area contributed by atoms with Crippen molar-refractivity contribution < 1.29 is 14.6 Å². The summed E-state index contributed by atoms with van der Waals surface area (Å²) in [4.78, 5) is 20.6. The predicted molar refractivity (Wildman–Crippen MR) is 121 cm³/mol. The van der Waals surface area contributed by atoms with E-state index in [1.165, 1.54) is 36.3 Å². The molecule has 0 saturated heterocycles. The Hall–Kier alpha value is -3.94. The monoisotopic (exact) mass is 429 g/mol. The highest BCUT2D eigenvalue weighted by Crippen LogP contribution is 2.30. The second-order valence-corrected chi connectivity index (χ2v) is 7.92. The van der Waals surface area contributed by atoms with Crippen molar-refractivity contribution >= 4 is 22.7 Å². The normalized spacial score (nSPS) is 14.4. The molecule has 1 aliphatic carbocycles. The maximum Gasteiger partial charge on any atom is 0.338 e. The van der Waals surface area contributed by atoms with Crippen molar-refractivity contribution in [3.05, 3.63) is 66.5 Å². The summed E-state index contributed by atoms with van der Waals surface area (Å²) in [5.41, 5.74) is 0.769. The van der Waals surface area contributed by atoms with Crippen LogP contribution in [0.2, 0.25) is 0 Å². The number of aromatic nitrogens is 4. The molecule has 1 fully saturated rings. The molecule has 0 atom stereocenters. The molecule has 0 unspecified atom stereocenters. The average Bonchev–Trinajstić information content (AvgIpc) is 3.31. The van der Waals surface area contributed by atoms with E-state index in [1.54, 1.807) is 0 Å². The van der Waals surface area contributed by atoms with Crippen molar-refractivity contribution in [3.8, 4) is 17.4 Å². The van der Waals surface area contributed by atoms with Crippen LogP contribution in [0, 0.1) is 0 Å². The van der Waals surface area contributed by atoms with Crippen molar-refractivity contribution in [1.29, 1.82) is 0 Å². The van der Waals surface area contributed by atoms with E-state index in [-0.39, 0.29) is 5.56 Å². The SMILES string of the molecule is O=C(O)c1cnn(-c2nc(NC3CCCCC3)c3ccc(Oc4ccccc4)cc3n2)c1. The first-order valence-corrected chi connectivity index (χ1v) is 10.8. The van der Waals surface area contributed by atoms with Crippen molar-refractivity contribution in [2.75, 3.05) is 5.32 Å². The highest BCUT2D eigenvalue weighted by Gasteiger charge is 2.18. The Balaban J connectivity index is 1.56. The third-order valence-electron chi connectivity index (χ3n) is 5.62. The fourth-order valence-corrected chi connectivity index (χ4v) is 3.98. The second-order valence-electron chi connectivity index (χ2n) is 7.92. The molecule has 2 heterocycles. The van der Waals surface area contributed by atoms with Crippen LogP contribution in [0.1, 0.15) is 42.5 Å². The van der Waals surface area contributed by atoms with Crippen LogP contribution in [0.4, 0.5) is 5.82 Å². The lowest BCUT2D eigenvalue weighted by Gasteiger charge is -2.24. The van der Waals surface area contributed by atoms with E-state index in [0.717, 1.165) is 29.8 Å². The Morgan fingerprint density at radius 2 is 1.84 bits per heavy atom. The molecule has 8 nitrogen and oxygen atoms in total. The molecule has 5 rings (SSSR count). The number of nitrogens with one attached hydrogen (secondary N) is 1. The Kier molecular flexibility index (Phi) is 5.41. The van der Waals surface area contributed by atoms with Crippen molar-refractivity contribution in [2.45, 2.75) is 38.1 Å². The van der Waals surface area contributed by atoms with E-state index in [9.17, 15) is 9.90 Å². The summed E-state index contributed by atoms with van der Waals surface area (Å²) in [6, 6.07) is 15.6. The van der Waals surface area contributed by atoms with Gasteiger partial charge in [-0.05, 0) is 37.1 Å². The molecule has 0 amide bonds. The number of ether oxygens (including phenoxy) is 1. The van der Waals surface area contributed by atoms with Crippen molar-refractivity contribution in [3.63, 3.8) is 0 Å². The van der Waals surface area contributed by atoms with Gasteiger partial charge < -0.3 is 15.2 Å². The maximum atomic E-state index is 11.3. The Morgan fingerprint density at radius 1 is 1.03 bits per heavy atom. The maximum absolute atomic E-state index is 11.3. The third-order valence-corrected chi connectivity index (χ3v) is 5.62. The van der Waals surface area contributed by atoms with E-state index < -0.39 is 5.97 Å². The van der Waals surface area contributed by atoms with Crippen LogP contribution in [-0.2, 0) is 0 Å². The number of benzene rings is 2. The standard InChI is InChI=1S/C24H23N5O3/c30-23(31)16-14-25-29(15-16)24-27-21-13-19(32-18-9-5-2-6-10-18)11-12-20(21)22(28-24)26-17-7-3-1-4-8-17/h2,5-6,9-15,17H,1,3-4,7-8H2,(H,30,31)(H,26,27,28). The number of hydrogen-bond acceptors (Lipinski definition) is 6. The van der Waals surface area contributed by atoms with Gasteiger partial charge in [0.05, 0.1) is 17.3 Å². The molecular weight excluding hydrogens is 406 g/mol. The first-order chi connectivity index (χ1) is 15.7. The number of rotatable bonds is 6. The highest BCUT2D eigenvalue weighted by molar-refractivity contribution is 5.91. The number of hydrogen-bond donors (Lipinski definition) is 2. The molecule has 0 aliphatic heterocycles. The summed E-state index contributed by atoms with van der Waals surface area (Å²) < 4.78 is 7.37. The molecule has 8 heteroatoms. The Bertz CT molecular complexity index is 1250. The average molecular weight is 429 g/mol. The minimum absolute atomic E-state index is 0.0802. The van der Waals surface area contributed by atoms with Gasteiger partial charge in [-0.15, -0.1) is 0 Å². The molecule has 1 aliphatic rings. The molecule has 0 radical (unpaired) electrons. The molecule has 32 heavy (non-hydrogen) atoms. The molecule has 1 saturated carbocycles. The van der Waals surface area contributed by atoms with Crippen molar-refractivity contribution in [1.82, 2.24) is 19.7 Å². The first-order valence-electron chi connectivity index (χ1n) is 10.8. The number of fused-ring (bicyclic) bond motifs is 1. The van der Waals surface area contributed by atoms with E-state index in [2.05, 4.69) is 15.4 Å². The topological polar surface area (TPSA) is 102 Å². The molecule has 0 spiro atoms. The number of nitrogens with zero attached hydrogens (tertiary/aromatic N) is 4. The number of carbonyl (C=O) groups is 1. The molecule has 2 N–H and O–H groups in total. The first kappa shape index (κ1) is 20.0. The zero-order valence-corrected chi connectivity index (χ0v) is 17.4. The Morgan fingerprint density at radius 3 is 2.59 bits per heavy atom. The van der Waals surface area contributed by atoms with Gasteiger partial charge in [-0.1, -0.05) is 37.5 Å². The van der Waals surface area contributed by atoms with Gasteiger partial charge in [-0.3, -0.25) is 0 Å². The predicted octanol–water partition coefficient (Wildman–Crippen LogP) is 5.05. The van der Waals surface area contributed by atoms with Gasteiger partial charge in [0, 0.05) is 23.7 Å². The minimum Gasteiger partial charge on any atom is -0.478 e. The van der Waals surface area contributed by atoms with Crippen LogP contribution in [0.15, 0.2) is 60.9 Å². The summed E-state index contributed by atoms with van der Waals surface area (Å²) >= 11 is 0. The van der Waals surface area contributed by atoms with Crippen LogP contribution < -0.4 is 10.1 Å². The van der Waals surface area contributed by atoms with E-state index in [4.69, 9.17) is 9.72 Å². The van der Waals surface area contributed by atoms with Crippen LogP contribution >= 0.6 is 0 Å². The zero-order chi connectivity index (χ0) is 21.9. The smallest absolute Gasteiger partial charge is 0.338 e. The van der Waals surface area contributed by atoms with Gasteiger partial charge in [0.25, 0.3) is 5.95 Å². The quantitative estimate of drug-likeness (QED) is 0.442. The fraction of sp³-hybridized carbons (Fsp3) is 0.250. The van der Waals surface area contributed by atoms with Crippen LogP contribution in [-0.4, -0.2) is 36.9 Å². The van der Waals surface area contributed by atoms with Crippen molar-refractivity contribution in [2.24, 2.45) is 0 Å². The molecular formula is C24H23N5O3. The lowest BCUT2D eigenvalue weighted by molar-refractivity contribution is 0.0697. The van der Waals surface area contributed by atoms with Gasteiger partial charge in [-0.2, -0.15) is 10.1 Å². The van der Waals surface area contributed by atoms with E-state index in [0.29, 0.717) is 23.3 Å². The molecule has 0 bridgehead atoms. The fourth-order valence-electron chi connectivity index (χ4n) is 3.98. The summed E-state index contributed by atoms with van der Waals surface area (Å²) in [6.45, 7) is 0. The third kappa shape index (κ3) is 4.25. The second kappa shape index (κ2) is 8.66. The highest BCUT2D eigenvalue weighted by atomic mass is 16.5. The van der Waals surface area contributed by atoms with Gasteiger partial charge >= 0.3 is 5.97 Å². The molecule has 2 aromatic heterocycles. The summed E-state index contributed by atoms with van der Waals surface area (Å²) in [5.74, 6) is 1.37. The largest absolute Gasteiger partial charge is 0.478 e. The van der Waals surface area contributed by atoms with E-state index >= 15 is 0 Å². The summed E-state index contributed by atoms with van der Waals surface area (Å²) in [7, 11) is 0. The number of para-hydroxylation sites is 1. The number of anilines is 1.